The molecule has 0 saturated heterocycles. The van der Waals surface area contributed by atoms with Crippen molar-refractivity contribution in [2.24, 2.45) is 0 Å². The van der Waals surface area contributed by atoms with Crippen molar-refractivity contribution in [3.05, 3.63) is 48.5 Å². The molecule has 0 radical (unpaired) electrons. The van der Waals surface area contributed by atoms with Crippen LogP contribution in [0, 0.1) is 0 Å². The second-order valence-electron chi connectivity index (χ2n) is 8.95. The molecule has 2 heteroatoms. The van der Waals surface area contributed by atoms with Gasteiger partial charge in [0.05, 0.1) is 0 Å². The highest BCUT2D eigenvalue weighted by Gasteiger charge is 2.32. The molecule has 4 rings (SSSR count). The predicted octanol–water partition coefficient (Wildman–Crippen LogP) is 7.19. The Hall–Kier alpha value is -1.33. The Morgan fingerprint density at radius 2 is 1.32 bits per heavy atom. The summed E-state index contributed by atoms with van der Waals surface area (Å²) >= 11 is 0. The van der Waals surface area contributed by atoms with Crippen LogP contribution in [0.5, 0.6) is 0 Å². The van der Waals surface area contributed by atoms with Crippen molar-refractivity contribution in [2.75, 3.05) is 19.0 Å². The molecule has 150 valence electrons. The maximum Gasteiger partial charge on any atom is 0.0440 e. The predicted molar refractivity (Wildman–Crippen MR) is 127 cm³/mol. The van der Waals surface area contributed by atoms with E-state index in [2.05, 4.69) is 67.5 Å². The van der Waals surface area contributed by atoms with Crippen molar-refractivity contribution in [1.82, 2.24) is 0 Å². The van der Waals surface area contributed by atoms with E-state index in [9.17, 15) is 0 Å². The number of anilines is 1. The third-order valence-electron chi connectivity index (χ3n) is 6.78. The van der Waals surface area contributed by atoms with E-state index >= 15 is 0 Å². The van der Waals surface area contributed by atoms with Crippen LogP contribution in [0.3, 0.4) is 0 Å². The lowest BCUT2D eigenvalue weighted by Gasteiger charge is -2.39. The van der Waals surface area contributed by atoms with Gasteiger partial charge in [0.1, 0.15) is 0 Å². The molecule has 0 N–H and O–H groups in total. The average Bonchev–Trinajstić information content (AvgIpc) is 2.76. The van der Waals surface area contributed by atoms with Gasteiger partial charge in [0, 0.05) is 25.3 Å². The van der Waals surface area contributed by atoms with Crippen molar-refractivity contribution in [2.45, 2.75) is 75.5 Å². The van der Waals surface area contributed by atoms with Crippen molar-refractivity contribution in [1.29, 1.82) is 0 Å². The molecule has 0 aliphatic heterocycles. The average molecular weight is 394 g/mol. The molecule has 2 saturated carbocycles. The van der Waals surface area contributed by atoms with Gasteiger partial charge in [-0.3, -0.25) is 0 Å². The first-order valence-electron chi connectivity index (χ1n) is 11.4. The smallest absolute Gasteiger partial charge is 0.0440 e. The molecule has 0 aromatic heterocycles. The fourth-order valence-corrected chi connectivity index (χ4v) is 9.21. The van der Waals surface area contributed by atoms with Crippen LogP contribution in [0.4, 0.5) is 5.69 Å². The number of benzene rings is 2. The Morgan fingerprint density at radius 3 is 1.93 bits per heavy atom. The minimum Gasteiger partial charge on any atom is -0.377 e. The summed E-state index contributed by atoms with van der Waals surface area (Å²) in [6.07, 6.45) is 14.6. The Labute approximate surface area is 173 Å². The summed E-state index contributed by atoms with van der Waals surface area (Å²) in [5.74, 6) is 0. The first-order valence-corrected chi connectivity index (χ1v) is 12.9. The number of para-hydroxylation sites is 1. The number of hydrogen-bond donors (Lipinski definition) is 0. The molecule has 2 aromatic carbocycles. The van der Waals surface area contributed by atoms with Gasteiger partial charge in [-0.05, 0) is 60.0 Å². The zero-order chi connectivity index (χ0) is 19.3. The van der Waals surface area contributed by atoms with Gasteiger partial charge in [-0.2, -0.15) is 0 Å². The maximum absolute atomic E-state index is 2.57. The van der Waals surface area contributed by atoms with Gasteiger partial charge in [0.15, 0.2) is 0 Å². The lowest BCUT2D eigenvalue weighted by Crippen LogP contribution is -2.26. The Kier molecular flexibility index (Phi) is 6.73. The second-order valence-corrected chi connectivity index (χ2v) is 11.7. The Bertz CT molecular complexity index is 739. The minimum atomic E-state index is -0.0372. The number of nitrogens with zero attached hydrogens (tertiary/aromatic N) is 1. The zero-order valence-corrected chi connectivity index (χ0v) is 18.6. The van der Waals surface area contributed by atoms with Crippen LogP contribution in [0.2, 0.25) is 0 Å². The fourth-order valence-electron chi connectivity index (χ4n) is 5.38. The molecule has 2 aromatic rings. The highest BCUT2D eigenvalue weighted by Crippen LogP contribution is 2.55. The van der Waals surface area contributed by atoms with Crippen LogP contribution in [0.15, 0.2) is 48.5 Å². The van der Waals surface area contributed by atoms with Crippen molar-refractivity contribution < 1.29 is 0 Å². The molecule has 0 spiro atoms. The topological polar surface area (TPSA) is 3.24 Å². The molecular formula is C26H36NP. The molecule has 2 fully saturated rings. The van der Waals surface area contributed by atoms with Crippen LogP contribution in [0.25, 0.3) is 11.1 Å². The normalized spacial score (nSPS) is 19.1. The highest BCUT2D eigenvalue weighted by atomic mass is 31.1. The number of rotatable bonds is 5. The van der Waals surface area contributed by atoms with E-state index in [0.29, 0.717) is 0 Å². The van der Waals surface area contributed by atoms with Gasteiger partial charge in [-0.25, -0.2) is 0 Å². The van der Waals surface area contributed by atoms with Crippen LogP contribution in [0.1, 0.15) is 64.2 Å². The summed E-state index contributed by atoms with van der Waals surface area (Å²) in [4.78, 5) is 2.24. The van der Waals surface area contributed by atoms with Crippen LogP contribution in [-0.4, -0.2) is 25.4 Å². The maximum atomic E-state index is 2.57. The lowest BCUT2D eigenvalue weighted by molar-refractivity contribution is 0.487. The molecule has 28 heavy (non-hydrogen) atoms. The lowest BCUT2D eigenvalue weighted by atomic mass is 9.99. The summed E-state index contributed by atoms with van der Waals surface area (Å²) in [5, 5.41) is 1.68. The third-order valence-corrected chi connectivity index (χ3v) is 10.3. The fraction of sp³-hybridized carbons (Fsp3) is 0.538. The van der Waals surface area contributed by atoms with Crippen LogP contribution >= 0.6 is 7.92 Å². The van der Waals surface area contributed by atoms with Crippen molar-refractivity contribution >= 4 is 18.9 Å². The van der Waals surface area contributed by atoms with Gasteiger partial charge >= 0.3 is 0 Å². The van der Waals surface area contributed by atoms with Crippen molar-refractivity contribution in [3.63, 3.8) is 0 Å². The summed E-state index contributed by atoms with van der Waals surface area (Å²) < 4.78 is 0. The van der Waals surface area contributed by atoms with Gasteiger partial charge in [0.25, 0.3) is 0 Å². The van der Waals surface area contributed by atoms with E-state index < -0.39 is 0 Å². The minimum absolute atomic E-state index is 0.0372. The largest absolute Gasteiger partial charge is 0.377 e. The molecule has 0 bridgehead atoms. The first kappa shape index (κ1) is 20.0. The van der Waals surface area contributed by atoms with Gasteiger partial charge in [-0.1, -0.05) is 82.8 Å². The monoisotopic (exact) mass is 393 g/mol. The van der Waals surface area contributed by atoms with E-state index in [1.165, 1.54) is 81.0 Å². The van der Waals surface area contributed by atoms with E-state index in [1.54, 1.807) is 5.30 Å². The van der Waals surface area contributed by atoms with E-state index in [1.807, 2.05) is 0 Å². The van der Waals surface area contributed by atoms with Crippen LogP contribution in [-0.2, 0) is 0 Å². The molecule has 0 amide bonds. The summed E-state index contributed by atoms with van der Waals surface area (Å²) in [6, 6.07) is 18.6. The summed E-state index contributed by atoms with van der Waals surface area (Å²) in [5.41, 5.74) is 6.02. The van der Waals surface area contributed by atoms with Gasteiger partial charge in [-0.15, -0.1) is 0 Å². The molecular weight excluding hydrogens is 357 g/mol. The molecule has 2 aliphatic carbocycles. The van der Waals surface area contributed by atoms with Crippen molar-refractivity contribution in [3.8, 4) is 11.1 Å². The summed E-state index contributed by atoms with van der Waals surface area (Å²) in [7, 11) is 4.27. The second kappa shape index (κ2) is 9.45. The molecule has 1 nitrogen and oxygen atoms in total. The SMILES string of the molecule is CN(C)c1ccccc1-c1cccc(P(C2CCCCC2)C2CCCCC2)c1. The Morgan fingerprint density at radius 1 is 0.714 bits per heavy atom. The van der Waals surface area contributed by atoms with E-state index in [-0.39, 0.29) is 7.92 Å². The molecule has 0 atom stereocenters. The third kappa shape index (κ3) is 4.46. The first-order chi connectivity index (χ1) is 13.7. The summed E-state index contributed by atoms with van der Waals surface area (Å²) in [6.45, 7) is 0. The van der Waals surface area contributed by atoms with E-state index in [4.69, 9.17) is 0 Å². The van der Waals surface area contributed by atoms with E-state index in [0.717, 1.165) is 11.3 Å². The molecule has 0 unspecified atom stereocenters. The Balaban J connectivity index is 1.70. The quantitative estimate of drug-likeness (QED) is 0.486. The molecule has 2 aliphatic rings. The van der Waals surface area contributed by atoms with Gasteiger partial charge < -0.3 is 4.90 Å². The highest BCUT2D eigenvalue weighted by molar-refractivity contribution is 7.67. The standard InChI is InChI=1S/C26H36NP/c1-27(2)26-19-10-9-18-25(26)21-12-11-17-24(20-21)28(22-13-5-3-6-14-22)23-15-7-4-8-16-23/h9-12,17-20,22-23H,3-8,13-16H2,1-2H3. The van der Waals surface area contributed by atoms with Gasteiger partial charge in [0.2, 0.25) is 0 Å². The van der Waals surface area contributed by atoms with Crippen LogP contribution < -0.4 is 10.2 Å². The molecule has 0 heterocycles. The number of hydrogen-bond acceptors (Lipinski definition) is 1. The zero-order valence-electron chi connectivity index (χ0n) is 17.7.